The molecule has 6 aliphatic carbocycles. The number of ether oxygens (including phenoxy) is 3. The van der Waals surface area contributed by atoms with Crippen molar-refractivity contribution in [3.8, 4) is 0 Å². The SMILES string of the molecule is CO[C@@H]1CCC23CC[C@@H](C)[C@](C)(C12)[C@H](OC(=O)NC(=O)[C@H]1CN2CC[C@@H]1C2)C[C@@](C)(CCCF)C(=O)[C@@H]3C.C[C@@H]1CCC23CCC(=O)C2[C@]1(C)[C@H](OC(=O)NC(=O)[C@H]1CN2CC[C@@H]1C2)C[C@@](C)(CCCF)[C@@H](O)[C@@H]3C. The quantitative estimate of drug-likeness (QED) is 0.179. The Morgan fingerprint density at radius 3 is 1.72 bits per heavy atom. The van der Waals surface area contributed by atoms with Gasteiger partial charge in [-0.05, 0) is 155 Å². The maximum Gasteiger partial charge on any atom is 0.414 e. The molecule has 0 spiro atoms. The Bertz CT molecular complexity index is 2200. The van der Waals surface area contributed by atoms with Gasteiger partial charge in [0.05, 0.1) is 37.4 Å². The standard InChI is InChI=1S/C30H47FN2O5.C29H45FN2O5/c1-18-7-11-30-12-8-22(37-5)24(30)29(18,4)23(15-28(3,10-6-13-31)25(34)19(30)2)38-27(36)32-26(35)21-17-33-14-9-20(21)16-33;1-17-6-10-29-11-7-21(33)23(29)28(17,4)22(14-27(3,9-5-12-30)24(34)18(29)2)37-26(36)31-25(35)20-16-32-13-8-19(20)15-32/h18-24H,6-17H2,1-5H3,(H,32,35,36);17-20,22-24,34H,5-16H2,1-4H3,(H,31,35,36)/t18-,19+,20-,21+,22-,23-,24?,28-,29+,30?;17-,18+,19-,20+,22-,23?,24+,27-,28+,29?/m11/s1. The number of piperidine rings is 2. The molecule has 4 amide bonds. The van der Waals surface area contributed by atoms with Gasteiger partial charge in [-0.25, -0.2) is 9.59 Å². The number of aliphatic hydroxyl groups excluding tert-OH is 1. The van der Waals surface area contributed by atoms with Gasteiger partial charge in [0.1, 0.15) is 23.8 Å². The minimum atomic E-state index is -0.806. The van der Waals surface area contributed by atoms with Gasteiger partial charge in [-0.15, -0.1) is 0 Å². The highest BCUT2D eigenvalue weighted by atomic mass is 19.1. The Balaban J connectivity index is 0.000000184. The summed E-state index contributed by atoms with van der Waals surface area (Å²) in [6.07, 6.45) is 7.24. The lowest BCUT2D eigenvalue weighted by Crippen LogP contribution is -2.63. The number of carbonyl (C=O) groups is 6. The first-order valence-corrected chi connectivity index (χ1v) is 29.3. The summed E-state index contributed by atoms with van der Waals surface area (Å²) in [5, 5.41) is 16.9. The number of fused-ring (bicyclic) bond motifs is 4. The van der Waals surface area contributed by atoms with E-state index in [1.807, 2.05) is 13.8 Å². The fourth-order valence-electron chi connectivity index (χ4n) is 19.3. The van der Waals surface area contributed by atoms with Crippen molar-refractivity contribution >= 4 is 35.6 Å². The summed E-state index contributed by atoms with van der Waals surface area (Å²) in [7, 11) is 1.75. The van der Waals surface area contributed by atoms with Crippen molar-refractivity contribution in [2.24, 2.45) is 91.7 Å². The molecule has 0 aromatic rings. The molecule has 0 aromatic heterocycles. The predicted molar refractivity (Wildman–Crippen MR) is 277 cm³/mol. The Morgan fingerprint density at radius 1 is 0.680 bits per heavy atom. The monoisotopic (exact) mass is 1050 g/mol. The molecule has 10 aliphatic rings. The zero-order chi connectivity index (χ0) is 54.2. The summed E-state index contributed by atoms with van der Waals surface area (Å²) in [4.78, 5) is 84.9. The highest BCUT2D eigenvalue weighted by Gasteiger charge is 2.70. The molecule has 22 atom stereocenters. The summed E-state index contributed by atoms with van der Waals surface area (Å²) >= 11 is 0. The minimum absolute atomic E-state index is 0.0212. The van der Waals surface area contributed by atoms with Crippen LogP contribution in [0.5, 0.6) is 0 Å². The summed E-state index contributed by atoms with van der Waals surface area (Å²) in [6.45, 7) is 21.0. The van der Waals surface area contributed by atoms with Gasteiger partial charge in [0.2, 0.25) is 11.8 Å². The lowest BCUT2D eigenvalue weighted by Gasteiger charge is -2.62. The molecule has 4 saturated heterocycles. The van der Waals surface area contributed by atoms with E-state index in [2.05, 4.69) is 62.0 Å². The van der Waals surface area contributed by atoms with E-state index in [9.17, 15) is 42.7 Å². The van der Waals surface area contributed by atoms with Gasteiger partial charge < -0.3 is 29.1 Å². The molecular formula is C59H92F2N4O10. The van der Waals surface area contributed by atoms with Gasteiger partial charge in [-0.2, -0.15) is 0 Å². The third kappa shape index (κ3) is 9.44. The molecule has 6 saturated carbocycles. The van der Waals surface area contributed by atoms with Crippen LogP contribution < -0.4 is 10.6 Å². The fraction of sp³-hybridized carbons (Fsp3) is 0.898. The van der Waals surface area contributed by atoms with Crippen molar-refractivity contribution in [3.05, 3.63) is 0 Å². The molecule has 8 bridgehead atoms. The maximum atomic E-state index is 14.2. The van der Waals surface area contributed by atoms with Crippen LogP contribution in [-0.4, -0.2) is 135 Å². The Kier molecular flexibility index (Phi) is 16.0. The van der Waals surface area contributed by atoms with Gasteiger partial charge in [0, 0.05) is 73.7 Å². The molecule has 422 valence electrons. The number of methoxy groups -OCH3 is 1. The number of carbonyl (C=O) groups excluding carboxylic acids is 6. The molecule has 6 unspecified atom stereocenters. The van der Waals surface area contributed by atoms with Crippen LogP contribution in [0.25, 0.3) is 0 Å². The first-order chi connectivity index (χ1) is 35.5. The number of aliphatic hydroxyl groups is 1. The van der Waals surface area contributed by atoms with E-state index in [4.69, 9.17) is 14.2 Å². The molecular weight excluding hydrogens is 963 g/mol. The molecule has 16 heteroatoms. The van der Waals surface area contributed by atoms with Crippen molar-refractivity contribution < 1.29 is 56.9 Å². The van der Waals surface area contributed by atoms with E-state index in [0.29, 0.717) is 64.0 Å². The summed E-state index contributed by atoms with van der Waals surface area (Å²) in [5.74, 6) is -0.209. The number of halogens is 2. The van der Waals surface area contributed by atoms with Crippen molar-refractivity contribution in [3.63, 3.8) is 0 Å². The number of ketones is 2. The number of alkyl halides is 2. The zero-order valence-electron chi connectivity index (χ0n) is 46.8. The number of hydrogen-bond acceptors (Lipinski definition) is 12. The van der Waals surface area contributed by atoms with E-state index in [1.54, 1.807) is 7.11 Å². The normalized spacial score (nSPS) is 48.3. The van der Waals surface area contributed by atoms with Crippen LogP contribution in [0.1, 0.15) is 158 Å². The molecule has 4 heterocycles. The average molecular weight is 1060 g/mol. The van der Waals surface area contributed by atoms with Crippen molar-refractivity contribution in [2.75, 3.05) is 59.7 Å². The minimum Gasteiger partial charge on any atom is -0.445 e. The second-order valence-electron chi connectivity index (χ2n) is 27.4. The number of nitrogens with zero attached hydrogens (tertiary/aromatic N) is 2. The summed E-state index contributed by atoms with van der Waals surface area (Å²) in [5.41, 5.74) is -3.15. The third-order valence-corrected chi connectivity index (χ3v) is 24.1. The lowest BCUT2D eigenvalue weighted by molar-refractivity contribution is -0.199. The maximum absolute atomic E-state index is 14.2. The van der Waals surface area contributed by atoms with Gasteiger partial charge >= 0.3 is 12.2 Å². The van der Waals surface area contributed by atoms with Crippen LogP contribution in [0, 0.1) is 91.7 Å². The van der Waals surface area contributed by atoms with E-state index in [-0.39, 0.29) is 93.6 Å². The van der Waals surface area contributed by atoms with Crippen LogP contribution in [-0.2, 0) is 33.4 Å². The first-order valence-electron chi connectivity index (χ1n) is 29.3. The van der Waals surface area contributed by atoms with Crippen molar-refractivity contribution in [2.45, 2.75) is 183 Å². The molecule has 0 aromatic carbocycles. The van der Waals surface area contributed by atoms with Gasteiger partial charge in [-0.1, -0.05) is 55.4 Å². The number of alkyl carbamates (subject to hydrolysis) is 2. The van der Waals surface area contributed by atoms with E-state index >= 15 is 0 Å². The summed E-state index contributed by atoms with van der Waals surface area (Å²) < 4.78 is 45.3. The number of hydrogen-bond donors (Lipinski definition) is 3. The van der Waals surface area contributed by atoms with Crippen LogP contribution in [0.3, 0.4) is 0 Å². The van der Waals surface area contributed by atoms with E-state index < -0.39 is 65.5 Å². The second kappa shape index (κ2) is 21.2. The van der Waals surface area contributed by atoms with E-state index in [1.165, 1.54) is 0 Å². The topological polar surface area (TPSA) is 181 Å². The first kappa shape index (κ1) is 56.6. The van der Waals surface area contributed by atoms with Crippen LogP contribution in [0.4, 0.5) is 18.4 Å². The molecule has 4 aliphatic heterocycles. The largest absolute Gasteiger partial charge is 0.445 e. The van der Waals surface area contributed by atoms with Gasteiger partial charge in [-0.3, -0.25) is 38.6 Å². The Labute approximate surface area is 445 Å². The number of rotatable bonds is 11. The molecule has 3 N–H and O–H groups in total. The zero-order valence-corrected chi connectivity index (χ0v) is 46.8. The summed E-state index contributed by atoms with van der Waals surface area (Å²) in [6, 6.07) is 0. The van der Waals surface area contributed by atoms with Gasteiger partial charge in [0.25, 0.3) is 0 Å². The van der Waals surface area contributed by atoms with Crippen LogP contribution in [0.15, 0.2) is 0 Å². The predicted octanol–water partition coefficient (Wildman–Crippen LogP) is 8.89. The number of Topliss-reactive ketones (excluding diaryl/α,β-unsaturated/α-hetero) is 2. The number of imide groups is 2. The van der Waals surface area contributed by atoms with Gasteiger partial charge in [0.15, 0.2) is 0 Å². The van der Waals surface area contributed by atoms with Crippen molar-refractivity contribution in [1.29, 1.82) is 0 Å². The Morgan fingerprint density at radius 2 is 1.20 bits per heavy atom. The van der Waals surface area contributed by atoms with Crippen molar-refractivity contribution in [1.82, 2.24) is 20.4 Å². The number of amides is 4. The smallest absolute Gasteiger partial charge is 0.414 e. The Hall–Kier alpha value is -3.08. The second-order valence-corrected chi connectivity index (χ2v) is 27.4. The van der Waals surface area contributed by atoms with E-state index in [0.717, 1.165) is 84.0 Å². The molecule has 10 fully saturated rings. The molecule has 10 rings (SSSR count). The highest BCUT2D eigenvalue weighted by Crippen LogP contribution is 2.70. The average Bonchev–Trinajstić information content (AvgIpc) is 4.27. The molecule has 14 nitrogen and oxygen atoms in total. The molecule has 0 radical (unpaired) electrons. The highest BCUT2D eigenvalue weighted by molar-refractivity contribution is 5.94. The fourth-order valence-corrected chi connectivity index (χ4v) is 19.3. The van der Waals surface area contributed by atoms with Crippen LogP contribution >= 0.6 is 0 Å². The number of nitrogens with one attached hydrogen (secondary N) is 2. The van der Waals surface area contributed by atoms with Crippen LogP contribution in [0.2, 0.25) is 0 Å². The third-order valence-electron chi connectivity index (χ3n) is 24.1. The lowest BCUT2D eigenvalue weighted by atomic mass is 9.43. The molecule has 75 heavy (non-hydrogen) atoms.